The van der Waals surface area contributed by atoms with E-state index >= 15 is 0 Å². The normalized spacial score (nSPS) is 16.1. The van der Waals surface area contributed by atoms with Crippen LogP contribution in [0.3, 0.4) is 0 Å². The first kappa shape index (κ1) is 14.9. The van der Waals surface area contributed by atoms with Crippen LogP contribution in [-0.4, -0.2) is 38.3 Å². The summed E-state index contributed by atoms with van der Waals surface area (Å²) in [5.41, 5.74) is 0.421. The smallest absolute Gasteiger partial charge is 0.224 e. The molecule has 1 fully saturated rings. The number of carbonyl (C=O) groups excluding carboxylic acids is 1. The minimum Gasteiger partial charge on any atom is -0.376 e. The number of amides is 1. The van der Waals surface area contributed by atoms with Crippen LogP contribution in [0.15, 0.2) is 24.3 Å². The first-order chi connectivity index (χ1) is 9.75. The molecule has 1 amide bonds. The summed E-state index contributed by atoms with van der Waals surface area (Å²) >= 11 is 0. The van der Waals surface area contributed by atoms with Gasteiger partial charge in [-0.3, -0.25) is 4.79 Å². The number of piperidine rings is 1. The number of hydrogen-bond donors (Lipinski definition) is 2. The van der Waals surface area contributed by atoms with Gasteiger partial charge in [0, 0.05) is 6.54 Å². The number of rotatable bonds is 6. The predicted molar refractivity (Wildman–Crippen MR) is 75.0 cm³/mol. The molecule has 1 saturated heterocycles. The van der Waals surface area contributed by atoms with Gasteiger partial charge in [-0.1, -0.05) is 18.2 Å². The van der Waals surface area contributed by atoms with E-state index < -0.39 is 0 Å². The van der Waals surface area contributed by atoms with Crippen molar-refractivity contribution in [2.75, 3.05) is 26.2 Å². The van der Waals surface area contributed by atoms with E-state index in [0.29, 0.717) is 24.8 Å². The van der Waals surface area contributed by atoms with Gasteiger partial charge in [-0.2, -0.15) is 0 Å². The highest BCUT2D eigenvalue weighted by Gasteiger charge is 2.13. The molecule has 2 rings (SSSR count). The fraction of sp³-hybridized carbons (Fsp3) is 0.533. The number of halogens is 1. The third-order valence-electron chi connectivity index (χ3n) is 3.37. The Balaban J connectivity index is 1.61. The van der Waals surface area contributed by atoms with E-state index in [1.165, 1.54) is 6.07 Å². The molecule has 0 aromatic heterocycles. The zero-order valence-corrected chi connectivity index (χ0v) is 11.5. The molecule has 0 atom stereocenters. The molecule has 1 aliphatic heterocycles. The Morgan fingerprint density at radius 2 is 2.10 bits per heavy atom. The van der Waals surface area contributed by atoms with Crippen LogP contribution in [0.2, 0.25) is 0 Å². The number of carbonyl (C=O) groups is 1. The maximum Gasteiger partial charge on any atom is 0.224 e. The monoisotopic (exact) mass is 280 g/mol. The molecule has 4 nitrogen and oxygen atoms in total. The zero-order valence-electron chi connectivity index (χ0n) is 11.5. The zero-order chi connectivity index (χ0) is 14.2. The van der Waals surface area contributed by atoms with E-state index in [9.17, 15) is 9.18 Å². The lowest BCUT2D eigenvalue weighted by atomic mass is 10.1. The Bertz CT molecular complexity index is 434. The van der Waals surface area contributed by atoms with E-state index in [4.69, 9.17) is 4.74 Å². The second-order valence-corrected chi connectivity index (χ2v) is 4.94. The Kier molecular flexibility index (Phi) is 5.95. The van der Waals surface area contributed by atoms with Crippen LogP contribution in [0.5, 0.6) is 0 Å². The van der Waals surface area contributed by atoms with Crippen molar-refractivity contribution in [3.05, 3.63) is 35.6 Å². The summed E-state index contributed by atoms with van der Waals surface area (Å²) in [5, 5.41) is 6.02. The second kappa shape index (κ2) is 7.97. The van der Waals surface area contributed by atoms with Gasteiger partial charge in [0.25, 0.3) is 0 Å². The molecule has 2 N–H and O–H groups in total. The summed E-state index contributed by atoms with van der Waals surface area (Å²) < 4.78 is 19.0. The molecule has 0 radical (unpaired) electrons. The van der Waals surface area contributed by atoms with Crippen molar-refractivity contribution >= 4 is 5.91 Å². The van der Waals surface area contributed by atoms with Crippen LogP contribution in [-0.2, 0) is 16.0 Å². The summed E-state index contributed by atoms with van der Waals surface area (Å²) in [6.45, 7) is 2.96. The molecule has 1 aliphatic rings. The third-order valence-corrected chi connectivity index (χ3v) is 3.37. The molecular weight excluding hydrogens is 259 g/mol. The molecule has 0 spiro atoms. The van der Waals surface area contributed by atoms with Crippen LogP contribution < -0.4 is 10.6 Å². The molecule has 1 heterocycles. The van der Waals surface area contributed by atoms with Gasteiger partial charge >= 0.3 is 0 Å². The van der Waals surface area contributed by atoms with Gasteiger partial charge in [-0.05, 0) is 37.6 Å². The van der Waals surface area contributed by atoms with Crippen molar-refractivity contribution in [3.8, 4) is 0 Å². The Labute approximate surface area is 118 Å². The summed E-state index contributed by atoms with van der Waals surface area (Å²) in [6, 6.07) is 6.33. The van der Waals surface area contributed by atoms with E-state index in [-0.39, 0.29) is 18.1 Å². The quantitative estimate of drug-likeness (QED) is 0.771. The average Bonchev–Trinajstić information content (AvgIpc) is 2.47. The topological polar surface area (TPSA) is 50.4 Å². The van der Waals surface area contributed by atoms with E-state index in [1.807, 2.05) is 0 Å². The molecule has 5 heteroatoms. The highest BCUT2D eigenvalue weighted by atomic mass is 19.1. The number of nitrogens with one attached hydrogen (secondary N) is 2. The molecule has 1 aromatic carbocycles. The van der Waals surface area contributed by atoms with Crippen LogP contribution >= 0.6 is 0 Å². The summed E-state index contributed by atoms with van der Waals surface area (Å²) in [4.78, 5) is 11.7. The SMILES string of the molecule is O=C(Cc1ccccc1F)NCCOC1CCNCC1. The number of hydrogen-bond acceptors (Lipinski definition) is 3. The summed E-state index contributed by atoms with van der Waals surface area (Å²) in [5.74, 6) is -0.516. The molecule has 0 unspecified atom stereocenters. The van der Waals surface area contributed by atoms with E-state index in [1.54, 1.807) is 18.2 Å². The largest absolute Gasteiger partial charge is 0.376 e. The minimum atomic E-state index is -0.339. The number of ether oxygens (including phenoxy) is 1. The van der Waals surface area contributed by atoms with Crippen LogP contribution in [0.25, 0.3) is 0 Å². The van der Waals surface area contributed by atoms with Crippen LogP contribution in [0.4, 0.5) is 4.39 Å². The van der Waals surface area contributed by atoms with Gasteiger partial charge in [0.1, 0.15) is 5.82 Å². The van der Waals surface area contributed by atoms with Gasteiger partial charge < -0.3 is 15.4 Å². The van der Waals surface area contributed by atoms with Gasteiger partial charge in [0.05, 0.1) is 19.1 Å². The highest BCUT2D eigenvalue weighted by molar-refractivity contribution is 5.78. The maximum absolute atomic E-state index is 13.4. The molecule has 110 valence electrons. The Morgan fingerprint density at radius 3 is 2.85 bits per heavy atom. The molecule has 0 saturated carbocycles. The van der Waals surface area contributed by atoms with Crippen LogP contribution in [0.1, 0.15) is 18.4 Å². The maximum atomic E-state index is 13.4. The second-order valence-electron chi connectivity index (χ2n) is 4.94. The van der Waals surface area contributed by atoms with Crippen molar-refractivity contribution in [2.24, 2.45) is 0 Å². The lowest BCUT2D eigenvalue weighted by Crippen LogP contribution is -2.35. The van der Waals surface area contributed by atoms with Crippen molar-refractivity contribution in [1.82, 2.24) is 10.6 Å². The van der Waals surface area contributed by atoms with Crippen molar-refractivity contribution in [3.63, 3.8) is 0 Å². The lowest BCUT2D eigenvalue weighted by Gasteiger charge is -2.22. The van der Waals surface area contributed by atoms with Gasteiger partial charge in [0.2, 0.25) is 5.91 Å². The van der Waals surface area contributed by atoms with Crippen LogP contribution in [0, 0.1) is 5.82 Å². The molecule has 0 bridgehead atoms. The van der Waals surface area contributed by atoms with E-state index in [0.717, 1.165) is 25.9 Å². The summed E-state index contributed by atoms with van der Waals surface area (Å²) in [6.07, 6.45) is 2.39. The highest BCUT2D eigenvalue weighted by Crippen LogP contribution is 2.07. The minimum absolute atomic E-state index is 0.0695. The standard InChI is InChI=1S/C15H21FN2O2/c16-14-4-2-1-3-12(14)11-15(19)18-9-10-20-13-5-7-17-8-6-13/h1-4,13,17H,5-11H2,(H,18,19). The Hall–Kier alpha value is -1.46. The molecule has 0 aliphatic carbocycles. The lowest BCUT2D eigenvalue weighted by molar-refractivity contribution is -0.120. The fourth-order valence-electron chi connectivity index (χ4n) is 2.26. The molecular formula is C15H21FN2O2. The predicted octanol–water partition coefficient (Wildman–Crippen LogP) is 1.25. The van der Waals surface area contributed by atoms with Gasteiger partial charge in [-0.15, -0.1) is 0 Å². The van der Waals surface area contributed by atoms with Crippen molar-refractivity contribution < 1.29 is 13.9 Å². The average molecular weight is 280 g/mol. The van der Waals surface area contributed by atoms with Crippen molar-refractivity contribution in [2.45, 2.75) is 25.4 Å². The fourth-order valence-corrected chi connectivity index (χ4v) is 2.26. The summed E-state index contributed by atoms with van der Waals surface area (Å²) in [7, 11) is 0. The number of benzene rings is 1. The molecule has 1 aromatic rings. The third kappa shape index (κ3) is 4.90. The Morgan fingerprint density at radius 1 is 1.35 bits per heavy atom. The van der Waals surface area contributed by atoms with Gasteiger partial charge in [-0.25, -0.2) is 4.39 Å². The van der Waals surface area contributed by atoms with Gasteiger partial charge in [0.15, 0.2) is 0 Å². The first-order valence-electron chi connectivity index (χ1n) is 7.08. The van der Waals surface area contributed by atoms with E-state index in [2.05, 4.69) is 10.6 Å². The first-order valence-corrected chi connectivity index (χ1v) is 7.08. The molecule has 20 heavy (non-hydrogen) atoms. The van der Waals surface area contributed by atoms with Crippen molar-refractivity contribution in [1.29, 1.82) is 0 Å².